The zero-order valence-corrected chi connectivity index (χ0v) is 21.1. The van der Waals surface area contributed by atoms with Gasteiger partial charge >= 0.3 is 0 Å². The molecular formula is C26H31ClN2O6. The van der Waals surface area contributed by atoms with Gasteiger partial charge < -0.3 is 29.5 Å². The van der Waals surface area contributed by atoms with Crippen molar-refractivity contribution in [2.24, 2.45) is 0 Å². The topological polar surface area (TPSA) is 99.5 Å². The molecular weight excluding hydrogens is 472 g/mol. The number of amides is 1. The Kier molecular flexibility index (Phi) is 8.64. The predicted molar refractivity (Wildman–Crippen MR) is 134 cm³/mol. The van der Waals surface area contributed by atoms with Gasteiger partial charge in [-0.3, -0.25) is 9.59 Å². The van der Waals surface area contributed by atoms with Crippen LogP contribution in [0.4, 0.5) is 0 Å². The summed E-state index contributed by atoms with van der Waals surface area (Å²) in [5.74, 6) is -1.32. The van der Waals surface area contributed by atoms with Gasteiger partial charge in [0.2, 0.25) is 0 Å². The van der Waals surface area contributed by atoms with Crippen molar-refractivity contribution >= 4 is 29.1 Å². The summed E-state index contributed by atoms with van der Waals surface area (Å²) < 4.78 is 10.8. The molecule has 1 aliphatic rings. The van der Waals surface area contributed by atoms with Crippen molar-refractivity contribution in [3.63, 3.8) is 0 Å². The summed E-state index contributed by atoms with van der Waals surface area (Å²) in [5.41, 5.74) is 0.779. The van der Waals surface area contributed by atoms with Crippen LogP contribution in [0.2, 0.25) is 5.02 Å². The average Bonchev–Trinajstić information content (AvgIpc) is 3.11. The molecule has 35 heavy (non-hydrogen) atoms. The van der Waals surface area contributed by atoms with Crippen LogP contribution >= 0.6 is 11.6 Å². The Balaban J connectivity index is 2.17. The molecule has 2 N–H and O–H groups in total. The molecule has 1 heterocycles. The second kappa shape index (κ2) is 11.5. The summed E-state index contributed by atoms with van der Waals surface area (Å²) in [6.07, 6.45) is 0. The summed E-state index contributed by atoms with van der Waals surface area (Å²) in [4.78, 5) is 30.0. The van der Waals surface area contributed by atoms with Crippen LogP contribution in [0.3, 0.4) is 0 Å². The summed E-state index contributed by atoms with van der Waals surface area (Å²) in [7, 11) is 1.45. The number of carbonyl (C=O) groups is 2. The van der Waals surface area contributed by atoms with Gasteiger partial charge in [0.05, 0.1) is 30.4 Å². The lowest BCUT2D eigenvalue weighted by molar-refractivity contribution is -0.140. The summed E-state index contributed by atoms with van der Waals surface area (Å²) in [6, 6.07) is 8.42. The quantitative estimate of drug-likeness (QED) is 0.285. The van der Waals surface area contributed by atoms with E-state index >= 15 is 0 Å². The number of likely N-dealkylation sites (N-methyl/N-ethyl adjacent to an activating group) is 1. The molecule has 1 aliphatic heterocycles. The van der Waals surface area contributed by atoms with E-state index in [0.717, 1.165) is 13.1 Å². The maximum absolute atomic E-state index is 13.2. The van der Waals surface area contributed by atoms with Crippen LogP contribution in [0.15, 0.2) is 42.0 Å². The molecule has 0 aliphatic carbocycles. The molecule has 8 nitrogen and oxygen atoms in total. The summed E-state index contributed by atoms with van der Waals surface area (Å²) in [5, 5.41) is 21.8. The first-order chi connectivity index (χ1) is 16.8. The number of aliphatic hydroxyl groups is 1. The van der Waals surface area contributed by atoms with E-state index in [1.54, 1.807) is 31.2 Å². The van der Waals surface area contributed by atoms with E-state index in [2.05, 4.69) is 4.90 Å². The minimum absolute atomic E-state index is 0.0490. The van der Waals surface area contributed by atoms with E-state index in [9.17, 15) is 19.8 Å². The first-order valence-electron chi connectivity index (χ1n) is 11.6. The fraction of sp³-hybridized carbons (Fsp3) is 0.385. The number of methoxy groups -OCH3 is 1. The molecule has 0 spiro atoms. The highest BCUT2D eigenvalue weighted by molar-refractivity contribution is 6.46. The zero-order chi connectivity index (χ0) is 25.7. The van der Waals surface area contributed by atoms with E-state index in [1.807, 2.05) is 13.8 Å². The molecule has 2 aromatic carbocycles. The second-order valence-corrected chi connectivity index (χ2v) is 8.44. The Morgan fingerprint density at radius 2 is 1.80 bits per heavy atom. The van der Waals surface area contributed by atoms with Crippen molar-refractivity contribution in [1.82, 2.24) is 9.80 Å². The van der Waals surface area contributed by atoms with Crippen LogP contribution in [0, 0.1) is 0 Å². The molecule has 1 fully saturated rings. The van der Waals surface area contributed by atoms with E-state index in [1.165, 1.54) is 24.1 Å². The van der Waals surface area contributed by atoms with Crippen LogP contribution < -0.4 is 9.47 Å². The average molecular weight is 503 g/mol. The lowest BCUT2D eigenvalue weighted by atomic mass is 9.95. The van der Waals surface area contributed by atoms with Crippen molar-refractivity contribution in [2.75, 3.05) is 39.9 Å². The number of phenolic OH excluding ortho intramolecular Hbond substituents is 1. The smallest absolute Gasteiger partial charge is 0.295 e. The zero-order valence-electron chi connectivity index (χ0n) is 20.4. The molecule has 1 saturated heterocycles. The van der Waals surface area contributed by atoms with Gasteiger partial charge in [-0.1, -0.05) is 31.5 Å². The Bertz CT molecular complexity index is 1130. The number of hydrogen-bond donors (Lipinski definition) is 2. The number of ketones is 1. The standard InChI is InChI=1S/C26H31ClN2O6/c1-5-28(6-2)12-13-29-23(16-9-11-19(30)21(14-16)35-7-3)22(25(32)26(29)33)24(31)17-8-10-18(27)20(15-17)34-4/h8-11,14-15,23,30-31H,5-7,12-13H2,1-4H3/b24-22-. The monoisotopic (exact) mass is 502 g/mol. The highest BCUT2D eigenvalue weighted by Crippen LogP contribution is 2.42. The van der Waals surface area contributed by atoms with E-state index < -0.39 is 17.7 Å². The predicted octanol–water partition coefficient (Wildman–Crippen LogP) is 4.22. The maximum atomic E-state index is 13.2. The minimum atomic E-state index is -0.868. The number of halogens is 1. The third-order valence-electron chi connectivity index (χ3n) is 6.12. The number of phenols is 1. The lowest BCUT2D eigenvalue weighted by Crippen LogP contribution is -2.38. The Morgan fingerprint density at radius 1 is 1.09 bits per heavy atom. The van der Waals surface area contributed by atoms with Gasteiger partial charge in [0, 0.05) is 18.7 Å². The number of rotatable bonds is 10. The largest absolute Gasteiger partial charge is 0.507 e. The maximum Gasteiger partial charge on any atom is 0.295 e. The van der Waals surface area contributed by atoms with Gasteiger partial charge in [0.25, 0.3) is 11.7 Å². The summed E-state index contributed by atoms with van der Waals surface area (Å²) >= 11 is 6.13. The van der Waals surface area contributed by atoms with Crippen molar-refractivity contribution in [2.45, 2.75) is 26.8 Å². The molecule has 0 radical (unpaired) electrons. The normalized spacial score (nSPS) is 17.3. The number of aliphatic hydroxyl groups excluding tert-OH is 1. The highest BCUT2D eigenvalue weighted by atomic mass is 35.5. The number of Topliss-reactive ketones (excluding diaryl/α,β-unsaturated/α-hetero) is 1. The van der Waals surface area contributed by atoms with Gasteiger partial charge in [-0.05, 0) is 55.9 Å². The van der Waals surface area contributed by atoms with Gasteiger partial charge in [0.15, 0.2) is 11.5 Å². The lowest BCUT2D eigenvalue weighted by Gasteiger charge is -2.28. The van der Waals surface area contributed by atoms with Gasteiger partial charge in [-0.25, -0.2) is 0 Å². The number of ether oxygens (including phenoxy) is 2. The molecule has 1 unspecified atom stereocenters. The van der Waals surface area contributed by atoms with E-state index in [0.29, 0.717) is 35.1 Å². The van der Waals surface area contributed by atoms with Crippen LogP contribution in [0.1, 0.15) is 37.9 Å². The minimum Gasteiger partial charge on any atom is -0.507 e. The van der Waals surface area contributed by atoms with Crippen molar-refractivity contribution < 1.29 is 29.3 Å². The van der Waals surface area contributed by atoms with Crippen molar-refractivity contribution in [1.29, 1.82) is 0 Å². The third-order valence-corrected chi connectivity index (χ3v) is 6.43. The molecule has 0 bridgehead atoms. The molecule has 0 aromatic heterocycles. The molecule has 1 atom stereocenters. The molecule has 9 heteroatoms. The summed E-state index contributed by atoms with van der Waals surface area (Å²) in [6.45, 7) is 8.59. The van der Waals surface area contributed by atoms with Crippen molar-refractivity contribution in [3.8, 4) is 17.2 Å². The van der Waals surface area contributed by atoms with Crippen LogP contribution in [-0.2, 0) is 9.59 Å². The molecule has 0 saturated carbocycles. The molecule has 3 rings (SSSR count). The number of aromatic hydroxyl groups is 1. The fourth-order valence-electron chi connectivity index (χ4n) is 4.18. The van der Waals surface area contributed by atoms with Gasteiger partial charge in [-0.2, -0.15) is 0 Å². The Hall–Kier alpha value is -3.23. The molecule has 1 amide bonds. The number of nitrogens with zero attached hydrogens (tertiary/aromatic N) is 2. The number of benzene rings is 2. The van der Waals surface area contributed by atoms with Crippen LogP contribution in [0.5, 0.6) is 17.2 Å². The first-order valence-corrected chi connectivity index (χ1v) is 11.9. The fourth-order valence-corrected chi connectivity index (χ4v) is 4.38. The molecule has 2 aromatic rings. The molecule has 188 valence electrons. The first kappa shape index (κ1) is 26.4. The van der Waals surface area contributed by atoms with Gasteiger partial charge in [0.1, 0.15) is 11.5 Å². The van der Waals surface area contributed by atoms with Gasteiger partial charge in [-0.15, -0.1) is 0 Å². The second-order valence-electron chi connectivity index (χ2n) is 8.03. The van der Waals surface area contributed by atoms with Crippen LogP contribution in [-0.4, -0.2) is 71.6 Å². The van der Waals surface area contributed by atoms with E-state index in [4.69, 9.17) is 21.1 Å². The number of likely N-dealkylation sites (tertiary alicyclic amines) is 1. The van der Waals surface area contributed by atoms with E-state index in [-0.39, 0.29) is 29.4 Å². The Labute approximate surface area is 210 Å². The Morgan fingerprint density at radius 3 is 2.43 bits per heavy atom. The van der Waals surface area contributed by atoms with Crippen LogP contribution in [0.25, 0.3) is 5.76 Å². The number of hydrogen-bond acceptors (Lipinski definition) is 7. The number of carbonyl (C=O) groups excluding carboxylic acids is 2. The van der Waals surface area contributed by atoms with Crippen molar-refractivity contribution in [3.05, 3.63) is 58.1 Å². The SMILES string of the molecule is CCOc1cc(C2/C(=C(/O)c3ccc(Cl)c(OC)c3)C(=O)C(=O)N2CCN(CC)CC)ccc1O. The third kappa shape index (κ3) is 5.39. The highest BCUT2D eigenvalue weighted by Gasteiger charge is 2.46.